The largest absolute Gasteiger partial charge is 0.366 e. The third kappa shape index (κ3) is 4.35. The summed E-state index contributed by atoms with van der Waals surface area (Å²) < 4.78 is 0. The molecule has 1 heterocycles. The molecule has 0 aliphatic rings. The van der Waals surface area contributed by atoms with Gasteiger partial charge in [0.1, 0.15) is 5.82 Å². The van der Waals surface area contributed by atoms with Gasteiger partial charge in [0.05, 0.1) is 17.6 Å². The summed E-state index contributed by atoms with van der Waals surface area (Å²) >= 11 is 12.1. The van der Waals surface area contributed by atoms with Crippen LogP contribution in [0.5, 0.6) is 0 Å². The van der Waals surface area contributed by atoms with Gasteiger partial charge in [-0.15, -0.1) is 0 Å². The molecular formula is C21H21Cl2N3. The highest BCUT2D eigenvalue weighted by atomic mass is 35.5. The fourth-order valence-electron chi connectivity index (χ4n) is 2.79. The number of benzene rings is 2. The first kappa shape index (κ1) is 18.7. The molecule has 0 spiro atoms. The van der Waals surface area contributed by atoms with Crippen molar-refractivity contribution in [2.24, 2.45) is 0 Å². The molecule has 1 aromatic heterocycles. The Morgan fingerprint density at radius 3 is 1.81 bits per heavy atom. The van der Waals surface area contributed by atoms with Crippen LogP contribution in [0.1, 0.15) is 26.7 Å². The monoisotopic (exact) mass is 385 g/mol. The average Bonchev–Trinajstić information content (AvgIpc) is 2.67. The van der Waals surface area contributed by atoms with Gasteiger partial charge in [-0.25, -0.2) is 4.98 Å². The molecule has 0 bridgehead atoms. The van der Waals surface area contributed by atoms with Crippen LogP contribution in [0.15, 0.2) is 54.7 Å². The minimum Gasteiger partial charge on any atom is -0.366 e. The summed E-state index contributed by atoms with van der Waals surface area (Å²) in [6.07, 6.45) is 3.86. The fraction of sp³-hybridized carbons (Fsp3) is 0.238. The standard InChI is InChI=1S/C21H21Cl2N3/c1-3-18(4-2)25-19-13-24-20(14-5-9-16(22)10-6-14)21(26-19)15-7-11-17(23)12-8-15/h5-13,18H,3-4H2,1-2H3,(H,25,26). The molecule has 0 saturated heterocycles. The van der Waals surface area contributed by atoms with Gasteiger partial charge in [-0.2, -0.15) is 0 Å². The average molecular weight is 386 g/mol. The number of nitrogens with one attached hydrogen (secondary N) is 1. The Balaban J connectivity index is 2.08. The summed E-state index contributed by atoms with van der Waals surface area (Å²) in [5, 5.41) is 4.86. The van der Waals surface area contributed by atoms with Gasteiger partial charge in [0.2, 0.25) is 0 Å². The molecule has 0 amide bonds. The van der Waals surface area contributed by atoms with Crippen LogP contribution in [0, 0.1) is 0 Å². The molecule has 0 fully saturated rings. The second-order valence-corrected chi connectivity index (χ2v) is 7.00. The number of halogens is 2. The Kier molecular flexibility index (Phi) is 6.12. The quantitative estimate of drug-likeness (QED) is 0.511. The van der Waals surface area contributed by atoms with Crippen LogP contribution in [0.25, 0.3) is 22.5 Å². The van der Waals surface area contributed by atoms with Gasteiger partial charge >= 0.3 is 0 Å². The maximum absolute atomic E-state index is 6.05. The highest BCUT2D eigenvalue weighted by Gasteiger charge is 2.14. The van der Waals surface area contributed by atoms with E-state index in [4.69, 9.17) is 33.2 Å². The minimum atomic E-state index is 0.378. The highest BCUT2D eigenvalue weighted by molar-refractivity contribution is 6.31. The van der Waals surface area contributed by atoms with E-state index in [9.17, 15) is 0 Å². The lowest BCUT2D eigenvalue weighted by molar-refractivity contribution is 0.668. The van der Waals surface area contributed by atoms with E-state index in [1.165, 1.54) is 0 Å². The van der Waals surface area contributed by atoms with E-state index in [0.29, 0.717) is 16.1 Å². The summed E-state index contributed by atoms with van der Waals surface area (Å²) in [7, 11) is 0. The molecule has 1 N–H and O–H groups in total. The fourth-order valence-corrected chi connectivity index (χ4v) is 3.04. The van der Waals surface area contributed by atoms with Crippen LogP contribution in [-0.4, -0.2) is 16.0 Å². The lowest BCUT2D eigenvalue weighted by Crippen LogP contribution is -2.18. The molecule has 0 saturated carbocycles. The highest BCUT2D eigenvalue weighted by Crippen LogP contribution is 2.31. The minimum absolute atomic E-state index is 0.378. The third-order valence-corrected chi connectivity index (χ3v) is 4.85. The van der Waals surface area contributed by atoms with E-state index in [0.717, 1.165) is 41.2 Å². The molecule has 0 atom stereocenters. The van der Waals surface area contributed by atoms with Crippen molar-refractivity contribution in [3.63, 3.8) is 0 Å². The Bertz CT molecular complexity index is 857. The molecular weight excluding hydrogens is 365 g/mol. The van der Waals surface area contributed by atoms with Gasteiger partial charge in [0.15, 0.2) is 0 Å². The number of hydrogen-bond acceptors (Lipinski definition) is 3. The third-order valence-electron chi connectivity index (χ3n) is 4.35. The first-order chi connectivity index (χ1) is 12.6. The molecule has 2 aromatic carbocycles. The molecule has 3 aromatic rings. The Labute approximate surface area is 164 Å². The summed E-state index contributed by atoms with van der Waals surface area (Å²) in [5.41, 5.74) is 3.58. The van der Waals surface area contributed by atoms with Crippen LogP contribution < -0.4 is 5.32 Å². The van der Waals surface area contributed by atoms with Crippen LogP contribution in [0.2, 0.25) is 10.0 Å². The van der Waals surface area contributed by atoms with Gasteiger partial charge in [-0.05, 0) is 37.1 Å². The van der Waals surface area contributed by atoms with Gasteiger partial charge in [-0.3, -0.25) is 4.98 Å². The Morgan fingerprint density at radius 2 is 1.31 bits per heavy atom. The van der Waals surface area contributed by atoms with E-state index in [2.05, 4.69) is 19.2 Å². The maximum Gasteiger partial charge on any atom is 0.145 e. The topological polar surface area (TPSA) is 37.8 Å². The summed E-state index contributed by atoms with van der Waals surface area (Å²) in [4.78, 5) is 9.56. The predicted octanol–water partition coefficient (Wildman–Crippen LogP) is 6.72. The first-order valence-electron chi connectivity index (χ1n) is 8.76. The Hall–Kier alpha value is -2.10. The maximum atomic E-state index is 6.05. The van der Waals surface area contributed by atoms with Crippen molar-refractivity contribution in [3.05, 3.63) is 64.8 Å². The van der Waals surface area contributed by atoms with Crippen molar-refractivity contribution in [2.75, 3.05) is 5.32 Å². The van der Waals surface area contributed by atoms with E-state index >= 15 is 0 Å². The van der Waals surface area contributed by atoms with E-state index in [1.54, 1.807) is 6.20 Å². The molecule has 0 radical (unpaired) electrons. The second-order valence-electron chi connectivity index (χ2n) is 6.12. The zero-order valence-corrected chi connectivity index (χ0v) is 16.3. The van der Waals surface area contributed by atoms with Gasteiger partial charge in [0, 0.05) is 27.2 Å². The first-order valence-corrected chi connectivity index (χ1v) is 9.51. The molecule has 134 valence electrons. The van der Waals surface area contributed by atoms with Crippen molar-refractivity contribution in [1.29, 1.82) is 0 Å². The van der Waals surface area contributed by atoms with Crippen molar-refractivity contribution >= 4 is 29.0 Å². The summed E-state index contributed by atoms with van der Waals surface area (Å²) in [6, 6.07) is 15.7. The van der Waals surface area contributed by atoms with E-state index < -0.39 is 0 Å². The van der Waals surface area contributed by atoms with Crippen LogP contribution in [-0.2, 0) is 0 Å². The predicted molar refractivity (Wildman–Crippen MR) is 111 cm³/mol. The summed E-state index contributed by atoms with van der Waals surface area (Å²) in [5.74, 6) is 0.779. The smallest absolute Gasteiger partial charge is 0.145 e. The van der Waals surface area contributed by atoms with Gasteiger partial charge < -0.3 is 5.32 Å². The van der Waals surface area contributed by atoms with Crippen molar-refractivity contribution < 1.29 is 0 Å². The molecule has 26 heavy (non-hydrogen) atoms. The molecule has 3 rings (SSSR count). The zero-order chi connectivity index (χ0) is 18.5. The molecule has 0 unspecified atom stereocenters. The normalized spacial score (nSPS) is 11.0. The zero-order valence-electron chi connectivity index (χ0n) is 14.8. The number of nitrogens with zero attached hydrogens (tertiary/aromatic N) is 2. The summed E-state index contributed by atoms with van der Waals surface area (Å²) in [6.45, 7) is 4.33. The van der Waals surface area contributed by atoms with E-state index in [-0.39, 0.29) is 0 Å². The van der Waals surface area contributed by atoms with Crippen molar-refractivity contribution in [1.82, 2.24) is 9.97 Å². The number of rotatable bonds is 6. The molecule has 3 nitrogen and oxygen atoms in total. The van der Waals surface area contributed by atoms with Crippen LogP contribution in [0.3, 0.4) is 0 Å². The van der Waals surface area contributed by atoms with Gasteiger partial charge in [-0.1, -0.05) is 61.3 Å². The molecule has 0 aliphatic carbocycles. The lowest BCUT2D eigenvalue weighted by atomic mass is 10.0. The number of hydrogen-bond donors (Lipinski definition) is 1. The van der Waals surface area contributed by atoms with Crippen LogP contribution >= 0.6 is 23.2 Å². The second kappa shape index (κ2) is 8.52. The number of aromatic nitrogens is 2. The van der Waals surface area contributed by atoms with Gasteiger partial charge in [0.25, 0.3) is 0 Å². The SMILES string of the molecule is CCC(CC)Nc1cnc(-c2ccc(Cl)cc2)c(-c2ccc(Cl)cc2)n1. The lowest BCUT2D eigenvalue weighted by Gasteiger charge is -2.17. The Morgan fingerprint density at radius 1 is 0.808 bits per heavy atom. The molecule has 0 aliphatic heterocycles. The van der Waals surface area contributed by atoms with E-state index in [1.807, 2.05) is 48.5 Å². The number of anilines is 1. The molecule has 5 heteroatoms. The van der Waals surface area contributed by atoms with Crippen LogP contribution in [0.4, 0.5) is 5.82 Å². The van der Waals surface area contributed by atoms with Crippen molar-refractivity contribution in [2.45, 2.75) is 32.7 Å². The van der Waals surface area contributed by atoms with Crippen molar-refractivity contribution in [3.8, 4) is 22.5 Å².